The first kappa shape index (κ1) is 13.3. The number of hydrogen-bond acceptors (Lipinski definition) is 4. The molecule has 0 spiro atoms. The highest BCUT2D eigenvalue weighted by Gasteiger charge is 2.12. The van der Waals surface area contributed by atoms with E-state index < -0.39 is 9.84 Å². The fraction of sp³-hybridized carbons (Fsp3) is 0.167. The van der Waals surface area contributed by atoms with E-state index >= 15 is 0 Å². The van der Waals surface area contributed by atoms with Crippen molar-refractivity contribution in [3.63, 3.8) is 0 Å². The van der Waals surface area contributed by atoms with Crippen LogP contribution in [0.1, 0.15) is 17.3 Å². The molecule has 1 aromatic carbocycles. The number of rotatable bonds is 4. The Hall–Kier alpha value is -2.15. The summed E-state index contributed by atoms with van der Waals surface area (Å²) in [5.74, 6) is -0.256. The molecule has 0 aliphatic carbocycles. The van der Waals surface area contributed by atoms with Gasteiger partial charge < -0.3 is 5.32 Å². The van der Waals surface area contributed by atoms with Gasteiger partial charge >= 0.3 is 0 Å². The normalized spacial score (nSPS) is 11.2. The van der Waals surface area contributed by atoms with Crippen molar-refractivity contribution < 1.29 is 13.2 Å². The van der Waals surface area contributed by atoms with Crippen molar-refractivity contribution >= 4 is 21.4 Å². The zero-order chi connectivity index (χ0) is 13.9. The molecule has 2 rings (SSSR count). The zero-order valence-electron chi connectivity index (χ0n) is 10.3. The van der Waals surface area contributed by atoms with Crippen LogP contribution in [0.15, 0.2) is 41.6 Å². The first-order chi connectivity index (χ1) is 9.03. The Morgan fingerprint density at radius 3 is 2.53 bits per heavy atom. The third-order valence-electron chi connectivity index (χ3n) is 2.61. The fourth-order valence-electron chi connectivity index (χ4n) is 1.49. The van der Waals surface area contributed by atoms with Crippen LogP contribution in [0.2, 0.25) is 0 Å². The molecule has 0 saturated heterocycles. The number of aromatic amines is 1. The smallest absolute Gasteiger partial charge is 0.258 e. The lowest BCUT2D eigenvalue weighted by Gasteiger charge is -2.05. The molecule has 0 fully saturated rings. The van der Waals surface area contributed by atoms with E-state index in [0.717, 1.165) is 0 Å². The lowest BCUT2D eigenvalue weighted by atomic mass is 10.3. The summed E-state index contributed by atoms with van der Waals surface area (Å²) in [6.07, 6.45) is 2.89. The van der Waals surface area contributed by atoms with Crippen molar-refractivity contribution in [3.8, 4) is 0 Å². The van der Waals surface area contributed by atoms with E-state index in [1.807, 2.05) is 0 Å². The molecule has 0 saturated carbocycles. The summed E-state index contributed by atoms with van der Waals surface area (Å²) in [6, 6.07) is 6.06. The van der Waals surface area contributed by atoms with Gasteiger partial charge in [-0.3, -0.25) is 9.89 Å². The standard InChI is InChI=1S/C12H13N3O3S/c1-2-19(17,18)11-5-3-10(4-6-11)15-12(16)9-7-13-14-8-9/h3-8H,2H2,1H3,(H,13,14)(H,15,16). The van der Waals surface area contributed by atoms with Gasteiger partial charge in [-0.15, -0.1) is 0 Å². The summed E-state index contributed by atoms with van der Waals surface area (Å²) in [6.45, 7) is 1.59. The number of sulfone groups is 1. The van der Waals surface area contributed by atoms with Gasteiger partial charge in [0.15, 0.2) is 9.84 Å². The van der Waals surface area contributed by atoms with E-state index in [1.54, 1.807) is 19.1 Å². The first-order valence-corrected chi connectivity index (χ1v) is 7.31. The molecular weight excluding hydrogens is 266 g/mol. The number of anilines is 1. The van der Waals surface area contributed by atoms with Gasteiger partial charge in [0.2, 0.25) is 0 Å². The number of hydrogen-bond donors (Lipinski definition) is 2. The summed E-state index contributed by atoms with van der Waals surface area (Å²) in [4.78, 5) is 12.0. The van der Waals surface area contributed by atoms with Gasteiger partial charge in [0, 0.05) is 11.9 Å². The monoisotopic (exact) mass is 279 g/mol. The van der Waals surface area contributed by atoms with E-state index in [4.69, 9.17) is 0 Å². The Labute approximate surface area is 110 Å². The number of amides is 1. The maximum atomic E-state index is 11.7. The van der Waals surface area contributed by atoms with Crippen molar-refractivity contribution in [1.82, 2.24) is 10.2 Å². The molecule has 0 aliphatic heterocycles. The highest BCUT2D eigenvalue weighted by Crippen LogP contribution is 2.15. The molecule has 0 radical (unpaired) electrons. The van der Waals surface area contributed by atoms with Crippen molar-refractivity contribution in [2.45, 2.75) is 11.8 Å². The van der Waals surface area contributed by atoms with Gasteiger partial charge in [0.1, 0.15) is 0 Å². The molecule has 2 N–H and O–H groups in total. The van der Waals surface area contributed by atoms with Crippen LogP contribution in [-0.2, 0) is 9.84 Å². The molecule has 6 nitrogen and oxygen atoms in total. The number of nitrogens with zero attached hydrogens (tertiary/aromatic N) is 1. The number of H-pyrrole nitrogens is 1. The summed E-state index contributed by atoms with van der Waals surface area (Å²) >= 11 is 0. The molecule has 100 valence electrons. The topological polar surface area (TPSA) is 91.9 Å². The first-order valence-electron chi connectivity index (χ1n) is 5.66. The van der Waals surface area contributed by atoms with Crippen LogP contribution in [0.4, 0.5) is 5.69 Å². The van der Waals surface area contributed by atoms with Gasteiger partial charge in [-0.05, 0) is 24.3 Å². The zero-order valence-corrected chi connectivity index (χ0v) is 11.1. The minimum atomic E-state index is -3.21. The summed E-state index contributed by atoms with van der Waals surface area (Å²) in [5.41, 5.74) is 0.937. The van der Waals surface area contributed by atoms with Gasteiger partial charge in [-0.1, -0.05) is 6.92 Å². The second kappa shape index (κ2) is 5.23. The van der Waals surface area contributed by atoms with Crippen LogP contribution in [-0.4, -0.2) is 30.3 Å². The van der Waals surface area contributed by atoms with Gasteiger partial charge in [0.05, 0.1) is 22.4 Å². The second-order valence-electron chi connectivity index (χ2n) is 3.87. The minimum Gasteiger partial charge on any atom is -0.322 e. The Bertz CT molecular complexity index is 661. The summed E-state index contributed by atoms with van der Waals surface area (Å²) in [7, 11) is -3.21. The Morgan fingerprint density at radius 1 is 1.32 bits per heavy atom. The third-order valence-corrected chi connectivity index (χ3v) is 4.36. The minimum absolute atomic E-state index is 0.0493. The fourth-order valence-corrected chi connectivity index (χ4v) is 2.37. The van der Waals surface area contributed by atoms with E-state index in [2.05, 4.69) is 15.5 Å². The predicted octanol–water partition coefficient (Wildman–Crippen LogP) is 1.46. The highest BCUT2D eigenvalue weighted by molar-refractivity contribution is 7.91. The van der Waals surface area contributed by atoms with Crippen LogP contribution in [0, 0.1) is 0 Å². The van der Waals surface area contributed by atoms with Crippen LogP contribution in [0.5, 0.6) is 0 Å². The molecule has 0 aliphatic rings. The second-order valence-corrected chi connectivity index (χ2v) is 6.15. The number of aromatic nitrogens is 2. The van der Waals surface area contributed by atoms with Crippen LogP contribution in [0.3, 0.4) is 0 Å². The SMILES string of the molecule is CCS(=O)(=O)c1ccc(NC(=O)c2cn[nH]c2)cc1. The number of benzene rings is 1. The highest BCUT2D eigenvalue weighted by atomic mass is 32.2. The van der Waals surface area contributed by atoms with E-state index in [1.165, 1.54) is 24.5 Å². The third kappa shape index (κ3) is 3.00. The predicted molar refractivity (Wildman–Crippen MR) is 70.7 cm³/mol. The molecule has 0 atom stereocenters. The summed E-state index contributed by atoms with van der Waals surface area (Å²) in [5, 5.41) is 8.87. The number of carbonyl (C=O) groups is 1. The number of nitrogens with one attached hydrogen (secondary N) is 2. The molecule has 0 unspecified atom stereocenters. The van der Waals surface area contributed by atoms with Crippen LogP contribution < -0.4 is 5.32 Å². The molecular formula is C12H13N3O3S. The quantitative estimate of drug-likeness (QED) is 0.886. The molecule has 1 heterocycles. The molecule has 7 heteroatoms. The molecule has 19 heavy (non-hydrogen) atoms. The Balaban J connectivity index is 2.14. The maximum absolute atomic E-state index is 11.7. The van der Waals surface area contributed by atoms with Crippen molar-refractivity contribution in [2.75, 3.05) is 11.1 Å². The average molecular weight is 279 g/mol. The Kier molecular flexibility index (Phi) is 3.66. The molecule has 0 bridgehead atoms. The van der Waals surface area contributed by atoms with Crippen molar-refractivity contribution in [2.24, 2.45) is 0 Å². The van der Waals surface area contributed by atoms with E-state index in [-0.39, 0.29) is 16.6 Å². The lowest BCUT2D eigenvalue weighted by Crippen LogP contribution is -2.11. The van der Waals surface area contributed by atoms with Crippen molar-refractivity contribution in [3.05, 3.63) is 42.2 Å². The van der Waals surface area contributed by atoms with Gasteiger partial charge in [-0.25, -0.2) is 8.42 Å². The number of carbonyl (C=O) groups excluding carboxylic acids is 1. The molecule has 2 aromatic rings. The molecule has 1 amide bonds. The average Bonchev–Trinajstić information content (AvgIpc) is 2.93. The van der Waals surface area contributed by atoms with Crippen LogP contribution >= 0.6 is 0 Å². The lowest BCUT2D eigenvalue weighted by molar-refractivity contribution is 0.102. The maximum Gasteiger partial charge on any atom is 0.258 e. The molecule has 1 aromatic heterocycles. The largest absolute Gasteiger partial charge is 0.322 e. The van der Waals surface area contributed by atoms with Gasteiger partial charge in [0.25, 0.3) is 5.91 Å². The Morgan fingerprint density at radius 2 is 2.00 bits per heavy atom. The van der Waals surface area contributed by atoms with E-state index in [0.29, 0.717) is 11.3 Å². The van der Waals surface area contributed by atoms with Gasteiger partial charge in [-0.2, -0.15) is 5.10 Å². The van der Waals surface area contributed by atoms with E-state index in [9.17, 15) is 13.2 Å². The van der Waals surface area contributed by atoms with Crippen molar-refractivity contribution in [1.29, 1.82) is 0 Å². The summed E-state index contributed by atoms with van der Waals surface area (Å²) < 4.78 is 23.2. The van der Waals surface area contributed by atoms with Crippen LogP contribution in [0.25, 0.3) is 0 Å².